The molecule has 2 aromatic rings. The smallest absolute Gasteiger partial charge is 0.238 e. The SMILES string of the molecule is C[C@@H]1c2ccsc2CCN1CC(=O)Nc1ccc(F)cc1Cl. The maximum Gasteiger partial charge on any atom is 0.238 e. The molecule has 0 spiro atoms. The molecular weight excluding hydrogens is 323 g/mol. The minimum Gasteiger partial charge on any atom is -0.324 e. The van der Waals surface area contributed by atoms with E-state index in [2.05, 4.69) is 28.6 Å². The fourth-order valence-electron chi connectivity index (χ4n) is 2.74. The highest BCUT2D eigenvalue weighted by atomic mass is 35.5. The van der Waals surface area contributed by atoms with Gasteiger partial charge in [-0.3, -0.25) is 9.69 Å². The first-order valence-electron chi connectivity index (χ1n) is 7.10. The summed E-state index contributed by atoms with van der Waals surface area (Å²) in [7, 11) is 0. The van der Waals surface area contributed by atoms with Crippen LogP contribution < -0.4 is 5.32 Å². The maximum atomic E-state index is 13.0. The lowest BCUT2D eigenvalue weighted by Crippen LogP contribution is -2.39. The molecule has 1 aliphatic heterocycles. The van der Waals surface area contributed by atoms with E-state index >= 15 is 0 Å². The van der Waals surface area contributed by atoms with Gasteiger partial charge >= 0.3 is 0 Å². The van der Waals surface area contributed by atoms with Crippen LogP contribution >= 0.6 is 22.9 Å². The molecule has 6 heteroatoms. The minimum atomic E-state index is -0.419. The average molecular weight is 339 g/mol. The fourth-order valence-corrected chi connectivity index (χ4v) is 3.92. The number of hydrogen-bond donors (Lipinski definition) is 1. The first-order valence-corrected chi connectivity index (χ1v) is 8.35. The zero-order chi connectivity index (χ0) is 15.7. The van der Waals surface area contributed by atoms with Crippen molar-refractivity contribution in [2.75, 3.05) is 18.4 Å². The van der Waals surface area contributed by atoms with Gasteiger partial charge in [0, 0.05) is 17.5 Å². The number of hydrogen-bond acceptors (Lipinski definition) is 3. The van der Waals surface area contributed by atoms with Crippen LogP contribution in [0.1, 0.15) is 23.4 Å². The number of benzene rings is 1. The minimum absolute atomic E-state index is 0.140. The summed E-state index contributed by atoms with van der Waals surface area (Å²) in [5.41, 5.74) is 1.75. The Morgan fingerprint density at radius 2 is 2.32 bits per heavy atom. The van der Waals surface area contributed by atoms with Gasteiger partial charge in [0.1, 0.15) is 5.82 Å². The monoisotopic (exact) mass is 338 g/mol. The van der Waals surface area contributed by atoms with Gasteiger partial charge in [0.05, 0.1) is 17.3 Å². The van der Waals surface area contributed by atoms with E-state index in [1.165, 1.54) is 28.6 Å². The van der Waals surface area contributed by atoms with Crippen LogP contribution in [-0.4, -0.2) is 23.9 Å². The standard InChI is InChI=1S/C16H16ClFN2OS/c1-10-12-5-7-22-15(12)4-6-20(10)9-16(21)19-14-3-2-11(18)8-13(14)17/h2-3,5,7-8,10H,4,6,9H2,1H3,(H,19,21)/t10-/m1/s1. The number of nitrogens with one attached hydrogen (secondary N) is 1. The van der Waals surface area contributed by atoms with Crippen LogP contribution in [0.25, 0.3) is 0 Å². The number of fused-ring (bicyclic) bond motifs is 1. The van der Waals surface area contributed by atoms with E-state index in [9.17, 15) is 9.18 Å². The second-order valence-electron chi connectivity index (χ2n) is 5.37. The fraction of sp³-hybridized carbons (Fsp3) is 0.312. The van der Waals surface area contributed by atoms with Crippen LogP contribution in [0.15, 0.2) is 29.6 Å². The molecule has 22 heavy (non-hydrogen) atoms. The lowest BCUT2D eigenvalue weighted by molar-refractivity contribution is -0.117. The molecule has 3 rings (SSSR count). The molecule has 0 saturated carbocycles. The third-order valence-electron chi connectivity index (χ3n) is 3.96. The van der Waals surface area contributed by atoms with Gasteiger partial charge in [0.25, 0.3) is 0 Å². The van der Waals surface area contributed by atoms with Gasteiger partial charge in [-0.1, -0.05) is 11.6 Å². The first-order chi connectivity index (χ1) is 10.5. The molecule has 2 heterocycles. The van der Waals surface area contributed by atoms with Gasteiger partial charge in [-0.25, -0.2) is 4.39 Å². The number of anilines is 1. The largest absolute Gasteiger partial charge is 0.324 e. The summed E-state index contributed by atoms with van der Waals surface area (Å²) in [4.78, 5) is 15.8. The van der Waals surface area contributed by atoms with E-state index in [4.69, 9.17) is 11.6 Å². The van der Waals surface area contributed by atoms with E-state index in [-0.39, 0.29) is 17.0 Å². The summed E-state index contributed by atoms with van der Waals surface area (Å²) in [5.74, 6) is -0.559. The second kappa shape index (κ2) is 6.36. The molecule has 0 saturated heterocycles. The molecule has 1 amide bonds. The quantitative estimate of drug-likeness (QED) is 0.913. The van der Waals surface area contributed by atoms with E-state index in [1.54, 1.807) is 11.3 Å². The second-order valence-corrected chi connectivity index (χ2v) is 6.78. The summed E-state index contributed by atoms with van der Waals surface area (Å²) in [6.45, 7) is 3.27. The molecule has 1 aromatic heterocycles. The number of carbonyl (C=O) groups excluding carboxylic acids is 1. The average Bonchev–Trinajstić information content (AvgIpc) is 2.94. The van der Waals surface area contributed by atoms with Crippen LogP contribution in [0, 0.1) is 5.82 Å². The summed E-state index contributed by atoms with van der Waals surface area (Å²) in [6.07, 6.45) is 0.974. The zero-order valence-electron chi connectivity index (χ0n) is 12.1. The van der Waals surface area contributed by atoms with E-state index in [0.717, 1.165) is 13.0 Å². The van der Waals surface area contributed by atoms with Gasteiger partial charge in [-0.05, 0) is 48.6 Å². The van der Waals surface area contributed by atoms with Crippen LogP contribution in [0.2, 0.25) is 5.02 Å². The number of amides is 1. The van der Waals surface area contributed by atoms with E-state index in [1.807, 2.05) is 0 Å². The summed E-state index contributed by atoms with van der Waals surface area (Å²) in [5, 5.41) is 5.06. The van der Waals surface area contributed by atoms with Crippen molar-refractivity contribution in [2.24, 2.45) is 0 Å². The Labute approximate surface area is 137 Å². The molecule has 0 unspecified atom stereocenters. The Hall–Kier alpha value is -1.43. The summed E-state index contributed by atoms with van der Waals surface area (Å²) < 4.78 is 13.0. The highest BCUT2D eigenvalue weighted by Gasteiger charge is 2.26. The molecule has 0 bridgehead atoms. The third kappa shape index (κ3) is 3.16. The number of carbonyl (C=O) groups is 1. The van der Waals surface area contributed by atoms with Crippen LogP contribution in [0.3, 0.4) is 0 Å². The van der Waals surface area contributed by atoms with Crippen molar-refractivity contribution in [3.8, 4) is 0 Å². The molecule has 0 radical (unpaired) electrons. The number of halogens is 2. The number of rotatable bonds is 3. The van der Waals surface area contributed by atoms with Gasteiger partial charge in [-0.2, -0.15) is 0 Å². The highest BCUT2D eigenvalue weighted by molar-refractivity contribution is 7.10. The molecule has 1 atom stereocenters. The zero-order valence-corrected chi connectivity index (χ0v) is 13.7. The van der Waals surface area contributed by atoms with Gasteiger partial charge < -0.3 is 5.32 Å². The first kappa shape index (κ1) is 15.5. The van der Waals surface area contributed by atoms with Crippen molar-refractivity contribution < 1.29 is 9.18 Å². The lowest BCUT2D eigenvalue weighted by atomic mass is 10.0. The van der Waals surface area contributed by atoms with Crippen LogP contribution in [-0.2, 0) is 11.2 Å². The lowest BCUT2D eigenvalue weighted by Gasteiger charge is -2.32. The Morgan fingerprint density at radius 3 is 3.09 bits per heavy atom. The molecule has 1 aromatic carbocycles. The molecule has 0 aliphatic carbocycles. The maximum absolute atomic E-state index is 13.0. The number of thiophene rings is 1. The van der Waals surface area contributed by atoms with Gasteiger partial charge in [0.15, 0.2) is 0 Å². The van der Waals surface area contributed by atoms with Crippen molar-refractivity contribution in [3.05, 3.63) is 50.9 Å². The Balaban J connectivity index is 1.65. The Morgan fingerprint density at radius 1 is 1.50 bits per heavy atom. The number of nitrogens with zero attached hydrogens (tertiary/aromatic N) is 1. The normalized spacial score (nSPS) is 18.0. The highest BCUT2D eigenvalue weighted by Crippen LogP contribution is 2.32. The summed E-state index contributed by atoms with van der Waals surface area (Å²) in [6, 6.07) is 6.31. The van der Waals surface area contributed by atoms with E-state index < -0.39 is 5.82 Å². The molecule has 1 N–H and O–H groups in total. The Kier molecular flexibility index (Phi) is 4.47. The predicted molar refractivity (Wildman–Crippen MR) is 88.1 cm³/mol. The van der Waals surface area contributed by atoms with Gasteiger partial charge in [0.2, 0.25) is 5.91 Å². The van der Waals surface area contributed by atoms with Crippen molar-refractivity contribution >= 4 is 34.5 Å². The van der Waals surface area contributed by atoms with Crippen molar-refractivity contribution in [1.29, 1.82) is 0 Å². The molecule has 116 valence electrons. The topological polar surface area (TPSA) is 32.3 Å². The van der Waals surface area contributed by atoms with Gasteiger partial charge in [-0.15, -0.1) is 11.3 Å². The van der Waals surface area contributed by atoms with Crippen LogP contribution in [0.5, 0.6) is 0 Å². The summed E-state index contributed by atoms with van der Waals surface area (Å²) >= 11 is 7.71. The third-order valence-corrected chi connectivity index (χ3v) is 5.26. The Bertz CT molecular complexity index is 703. The molecule has 3 nitrogen and oxygen atoms in total. The van der Waals surface area contributed by atoms with Crippen molar-refractivity contribution in [1.82, 2.24) is 4.90 Å². The predicted octanol–water partition coefficient (Wildman–Crippen LogP) is 4.10. The van der Waals surface area contributed by atoms with Crippen molar-refractivity contribution in [2.45, 2.75) is 19.4 Å². The molecular formula is C16H16ClFN2OS. The molecule has 0 fully saturated rings. The molecule has 1 aliphatic rings. The van der Waals surface area contributed by atoms with E-state index in [0.29, 0.717) is 12.2 Å². The van der Waals surface area contributed by atoms with Crippen molar-refractivity contribution in [3.63, 3.8) is 0 Å². The van der Waals surface area contributed by atoms with Crippen LogP contribution in [0.4, 0.5) is 10.1 Å².